The fourth-order valence-electron chi connectivity index (χ4n) is 4.18. The van der Waals surface area contributed by atoms with Crippen molar-refractivity contribution in [1.29, 1.82) is 0 Å². The van der Waals surface area contributed by atoms with Crippen molar-refractivity contribution in [3.05, 3.63) is 42.1 Å². The average Bonchev–Trinajstić information content (AvgIpc) is 3.31. The highest BCUT2D eigenvalue weighted by Gasteiger charge is 2.36. The van der Waals surface area contributed by atoms with Crippen LogP contribution in [0.1, 0.15) is 96.5 Å². The SMILES string of the molecule is C=C/C(=C\N=C(C)C)c1cc(C=O)c2sc(NC(=O)NCC)nc2c1.CCCC(CC)(CCC)C(=O)OCC. The Kier molecular flexibility index (Phi) is 14.9. The molecule has 0 aliphatic heterocycles. The number of hydrogen-bond acceptors (Lipinski definition) is 7. The quantitative estimate of drug-likeness (QED) is 0.113. The lowest BCUT2D eigenvalue weighted by Crippen LogP contribution is -2.32. The standard InChI is InChI=1S/C18H20N4O2S.C12H24O2/c1-5-12(9-20-11(3)4)13-7-14(10-23)16-15(8-13)21-18(25-16)22-17(24)19-6-2;1-5-9-12(7-3,10-6-2)11(13)14-8-4/h5,7-10H,1,6H2,2-4H3,(H2,19,21,22,24);5-10H2,1-4H3/b12-9+;. The Morgan fingerprint density at radius 3 is 2.28 bits per heavy atom. The van der Waals surface area contributed by atoms with Crippen molar-refractivity contribution in [2.24, 2.45) is 10.4 Å². The highest BCUT2D eigenvalue weighted by Crippen LogP contribution is 2.35. The summed E-state index contributed by atoms with van der Waals surface area (Å²) in [5, 5.41) is 5.75. The molecule has 1 aromatic carbocycles. The van der Waals surface area contributed by atoms with Crippen LogP contribution in [0.25, 0.3) is 15.8 Å². The number of aldehydes is 1. The van der Waals surface area contributed by atoms with E-state index in [0.29, 0.717) is 29.4 Å². The summed E-state index contributed by atoms with van der Waals surface area (Å²) in [7, 11) is 0. The first-order chi connectivity index (χ1) is 18.6. The van der Waals surface area contributed by atoms with Crippen molar-refractivity contribution in [2.45, 2.75) is 80.6 Å². The van der Waals surface area contributed by atoms with Gasteiger partial charge in [-0.15, -0.1) is 0 Å². The van der Waals surface area contributed by atoms with Crippen LogP contribution in [0, 0.1) is 5.41 Å². The van der Waals surface area contributed by atoms with E-state index in [1.54, 1.807) is 18.3 Å². The lowest BCUT2D eigenvalue weighted by Gasteiger charge is -2.29. The van der Waals surface area contributed by atoms with Gasteiger partial charge in [-0.2, -0.15) is 0 Å². The molecule has 39 heavy (non-hydrogen) atoms. The largest absolute Gasteiger partial charge is 0.466 e. The Morgan fingerprint density at radius 1 is 1.13 bits per heavy atom. The molecule has 0 aliphatic rings. The first-order valence-electron chi connectivity index (χ1n) is 13.6. The van der Waals surface area contributed by atoms with E-state index in [1.165, 1.54) is 11.3 Å². The van der Waals surface area contributed by atoms with E-state index >= 15 is 0 Å². The molecule has 0 spiro atoms. The van der Waals surface area contributed by atoms with Gasteiger partial charge in [-0.1, -0.05) is 57.6 Å². The number of benzene rings is 1. The van der Waals surface area contributed by atoms with E-state index in [-0.39, 0.29) is 17.4 Å². The average molecular weight is 557 g/mol. The van der Waals surface area contributed by atoms with Gasteiger partial charge in [-0.3, -0.25) is 19.9 Å². The Morgan fingerprint density at radius 2 is 1.79 bits per heavy atom. The third kappa shape index (κ3) is 10.1. The van der Waals surface area contributed by atoms with Gasteiger partial charge >= 0.3 is 12.0 Å². The zero-order valence-corrected chi connectivity index (χ0v) is 25.3. The number of amides is 2. The number of carbonyl (C=O) groups excluding carboxylic acids is 3. The minimum Gasteiger partial charge on any atom is -0.466 e. The first-order valence-corrected chi connectivity index (χ1v) is 14.4. The third-order valence-corrected chi connectivity index (χ3v) is 7.10. The summed E-state index contributed by atoms with van der Waals surface area (Å²) in [4.78, 5) is 43.7. The number of fused-ring (bicyclic) bond motifs is 1. The molecule has 0 radical (unpaired) electrons. The van der Waals surface area contributed by atoms with Crippen molar-refractivity contribution >= 4 is 56.3 Å². The number of aromatic nitrogens is 1. The second-order valence-corrected chi connectivity index (χ2v) is 10.3. The molecule has 8 nitrogen and oxygen atoms in total. The van der Waals surface area contributed by atoms with Gasteiger partial charge in [0.05, 0.1) is 22.2 Å². The number of esters is 1. The Balaban J connectivity index is 0.000000464. The summed E-state index contributed by atoms with van der Waals surface area (Å²) < 4.78 is 5.89. The summed E-state index contributed by atoms with van der Waals surface area (Å²) in [5.74, 6) is 0.00574. The van der Waals surface area contributed by atoms with Crippen LogP contribution in [0.15, 0.2) is 36.0 Å². The molecule has 0 aliphatic carbocycles. The zero-order valence-electron chi connectivity index (χ0n) is 24.5. The maximum atomic E-state index is 11.9. The number of ether oxygens (including phenoxy) is 1. The Labute approximate surface area is 237 Å². The number of allylic oxidation sites excluding steroid dienone is 2. The van der Waals surface area contributed by atoms with Gasteiger partial charge in [-0.25, -0.2) is 9.78 Å². The summed E-state index contributed by atoms with van der Waals surface area (Å²) in [6.07, 6.45) is 9.08. The molecule has 2 N–H and O–H groups in total. The highest BCUT2D eigenvalue weighted by atomic mass is 32.1. The number of nitrogens with one attached hydrogen (secondary N) is 2. The van der Waals surface area contributed by atoms with Crippen molar-refractivity contribution in [1.82, 2.24) is 10.3 Å². The molecule has 0 unspecified atom stereocenters. The maximum absolute atomic E-state index is 11.9. The van der Waals surface area contributed by atoms with E-state index in [9.17, 15) is 14.4 Å². The summed E-state index contributed by atoms with van der Waals surface area (Å²) in [6.45, 7) is 18.7. The lowest BCUT2D eigenvalue weighted by atomic mass is 9.77. The molecule has 2 rings (SSSR count). The number of thiazole rings is 1. The monoisotopic (exact) mass is 556 g/mol. The molecule has 1 aromatic heterocycles. The number of hydrogen-bond donors (Lipinski definition) is 2. The summed E-state index contributed by atoms with van der Waals surface area (Å²) in [6, 6.07) is 3.31. The molecule has 0 bridgehead atoms. The van der Waals surface area contributed by atoms with E-state index in [2.05, 4.69) is 48.0 Å². The van der Waals surface area contributed by atoms with Crippen LogP contribution in [0.5, 0.6) is 0 Å². The minimum atomic E-state index is -0.325. The van der Waals surface area contributed by atoms with Crippen molar-refractivity contribution in [3.63, 3.8) is 0 Å². The predicted molar refractivity (Wildman–Crippen MR) is 164 cm³/mol. The number of carbonyl (C=O) groups is 3. The van der Waals surface area contributed by atoms with E-state index in [1.807, 2.05) is 33.8 Å². The second-order valence-electron chi connectivity index (χ2n) is 9.25. The predicted octanol–water partition coefficient (Wildman–Crippen LogP) is 7.80. The van der Waals surface area contributed by atoms with Crippen molar-refractivity contribution in [2.75, 3.05) is 18.5 Å². The molecule has 2 amide bonds. The number of nitrogens with zero attached hydrogens (tertiary/aromatic N) is 2. The highest BCUT2D eigenvalue weighted by molar-refractivity contribution is 7.22. The lowest BCUT2D eigenvalue weighted by molar-refractivity contribution is -0.156. The van der Waals surface area contributed by atoms with E-state index < -0.39 is 0 Å². The fraction of sp³-hybridized carbons (Fsp3) is 0.500. The molecule has 214 valence electrons. The molecule has 0 atom stereocenters. The van der Waals surface area contributed by atoms with Gasteiger partial charge in [-0.05, 0) is 70.2 Å². The fourth-order valence-corrected chi connectivity index (χ4v) is 5.10. The number of rotatable bonds is 13. The van der Waals surface area contributed by atoms with Crippen LogP contribution >= 0.6 is 11.3 Å². The normalized spacial score (nSPS) is 11.2. The topological polar surface area (TPSA) is 110 Å². The van der Waals surface area contributed by atoms with Crippen molar-refractivity contribution in [3.8, 4) is 0 Å². The Bertz CT molecular complexity index is 1170. The van der Waals surface area contributed by atoms with Crippen LogP contribution in [0.2, 0.25) is 0 Å². The number of anilines is 1. The molecule has 0 saturated heterocycles. The van der Waals surface area contributed by atoms with Crippen LogP contribution in [-0.4, -0.2) is 42.1 Å². The molecule has 0 saturated carbocycles. The van der Waals surface area contributed by atoms with Crippen LogP contribution in [0.4, 0.5) is 9.93 Å². The number of urea groups is 1. The molecule has 2 aromatic rings. The number of aliphatic imine (C=N–C) groups is 1. The minimum absolute atomic E-state index is 0.00574. The van der Waals surface area contributed by atoms with Crippen LogP contribution < -0.4 is 10.6 Å². The van der Waals surface area contributed by atoms with E-state index in [4.69, 9.17) is 4.74 Å². The summed E-state index contributed by atoms with van der Waals surface area (Å²) >= 11 is 1.26. The zero-order chi connectivity index (χ0) is 29.4. The molecule has 9 heteroatoms. The molecular formula is C30H44N4O4S. The molecule has 0 fully saturated rings. The third-order valence-electron chi connectivity index (χ3n) is 6.06. The van der Waals surface area contributed by atoms with Gasteiger partial charge < -0.3 is 10.1 Å². The maximum Gasteiger partial charge on any atom is 0.321 e. The van der Waals surface area contributed by atoms with E-state index in [0.717, 1.165) is 59.9 Å². The molecule has 1 heterocycles. The van der Waals surface area contributed by atoms with Crippen molar-refractivity contribution < 1.29 is 19.1 Å². The summed E-state index contributed by atoms with van der Waals surface area (Å²) in [5.41, 5.74) is 3.44. The van der Waals surface area contributed by atoms with Gasteiger partial charge in [0, 0.05) is 24.0 Å². The van der Waals surface area contributed by atoms with Gasteiger partial charge in [0.15, 0.2) is 11.4 Å². The van der Waals surface area contributed by atoms with Gasteiger partial charge in [0.25, 0.3) is 0 Å². The molecular weight excluding hydrogens is 512 g/mol. The van der Waals surface area contributed by atoms with Crippen LogP contribution in [-0.2, 0) is 9.53 Å². The van der Waals surface area contributed by atoms with Crippen LogP contribution in [0.3, 0.4) is 0 Å². The second kappa shape index (κ2) is 17.3. The van der Waals surface area contributed by atoms with Gasteiger partial charge in [0.1, 0.15) is 0 Å². The first kappa shape index (κ1) is 33.7. The van der Waals surface area contributed by atoms with Gasteiger partial charge in [0.2, 0.25) is 0 Å². The Hall–Kier alpha value is -3.33. The smallest absolute Gasteiger partial charge is 0.321 e.